The third-order valence-electron chi connectivity index (χ3n) is 4.56. The zero-order valence-corrected chi connectivity index (χ0v) is 18.2. The van der Waals surface area contributed by atoms with Crippen molar-refractivity contribution in [3.8, 4) is 0 Å². The zero-order chi connectivity index (χ0) is 22.4. The van der Waals surface area contributed by atoms with Gasteiger partial charge in [0.05, 0.1) is 22.9 Å². The number of thiocarbonyl (C=S) groups is 1. The lowest BCUT2D eigenvalue weighted by atomic mass is 9.97. The summed E-state index contributed by atoms with van der Waals surface area (Å²) in [5, 5.41) is 5.48. The molecule has 160 valence electrons. The molecular weight excluding hydrogens is 434 g/mol. The molecule has 9 heteroatoms. The smallest absolute Gasteiger partial charge is 0.413 e. The summed E-state index contributed by atoms with van der Waals surface area (Å²) in [6.45, 7) is 0. The lowest BCUT2D eigenvalue weighted by Gasteiger charge is -2.23. The number of nitrogen functional groups attached to an aromatic ring is 1. The molecule has 3 aromatic rings. The zero-order valence-electron chi connectivity index (χ0n) is 16.6. The lowest BCUT2D eigenvalue weighted by Crippen LogP contribution is -2.41. The van der Waals surface area contributed by atoms with Crippen LogP contribution >= 0.6 is 12.2 Å². The lowest BCUT2D eigenvalue weighted by molar-refractivity contribution is 0.176. The summed E-state index contributed by atoms with van der Waals surface area (Å²) in [7, 11) is -2.41. The maximum Gasteiger partial charge on any atom is 0.413 e. The van der Waals surface area contributed by atoms with E-state index in [2.05, 4.69) is 15.4 Å². The third kappa shape index (κ3) is 5.19. The van der Waals surface area contributed by atoms with Gasteiger partial charge in [0.25, 0.3) is 0 Å². The summed E-state index contributed by atoms with van der Waals surface area (Å²) in [6, 6.07) is 21.3. The topological polar surface area (TPSA) is 111 Å². The predicted octanol–water partition coefficient (Wildman–Crippen LogP) is 3.42. The Hall–Kier alpha value is -3.43. The van der Waals surface area contributed by atoms with Crippen molar-refractivity contribution in [3.05, 3.63) is 90.0 Å². The molecule has 1 unspecified atom stereocenters. The monoisotopic (exact) mass is 455 g/mol. The van der Waals surface area contributed by atoms with Crippen molar-refractivity contribution in [3.63, 3.8) is 0 Å². The first kappa shape index (κ1) is 22.3. The molecule has 0 saturated carbocycles. The van der Waals surface area contributed by atoms with Crippen LogP contribution in [-0.4, -0.2) is 26.7 Å². The van der Waals surface area contributed by atoms with Gasteiger partial charge in [-0.1, -0.05) is 48.5 Å². The number of para-hydroxylation sites is 1. The molecule has 3 rings (SSSR count). The summed E-state index contributed by atoms with van der Waals surface area (Å²) in [6.07, 6.45) is -0.707. The average Bonchev–Trinajstić information content (AvgIpc) is 2.78. The highest BCUT2D eigenvalue weighted by Crippen LogP contribution is 2.29. The number of anilines is 1. The summed E-state index contributed by atoms with van der Waals surface area (Å²) in [5.41, 5.74) is 8.09. The van der Waals surface area contributed by atoms with E-state index in [0.717, 1.165) is 5.56 Å². The van der Waals surface area contributed by atoms with Crippen molar-refractivity contribution in [2.24, 2.45) is 0 Å². The fraction of sp³-hybridized carbons (Fsp3) is 0.0909. The quantitative estimate of drug-likeness (QED) is 0.399. The van der Waals surface area contributed by atoms with Crippen LogP contribution in [0.2, 0.25) is 0 Å². The molecule has 0 spiro atoms. The van der Waals surface area contributed by atoms with Crippen LogP contribution in [0, 0.1) is 0 Å². The van der Waals surface area contributed by atoms with E-state index in [9.17, 15) is 13.2 Å². The molecule has 1 atom stereocenters. The number of nitrogens with two attached hydrogens (primary N) is 1. The first-order chi connectivity index (χ1) is 14.8. The Morgan fingerprint density at radius 3 is 2.13 bits per heavy atom. The van der Waals surface area contributed by atoms with Crippen molar-refractivity contribution in [2.45, 2.75) is 15.8 Å². The van der Waals surface area contributed by atoms with Crippen molar-refractivity contribution < 1.29 is 17.9 Å². The van der Waals surface area contributed by atoms with Crippen LogP contribution in [0.3, 0.4) is 0 Å². The maximum absolute atomic E-state index is 12.9. The van der Waals surface area contributed by atoms with E-state index in [-0.39, 0.29) is 14.9 Å². The Balaban J connectivity index is 1.95. The minimum atomic E-state index is -3.64. The molecule has 7 nitrogen and oxygen atoms in total. The number of carbonyl (C=O) groups is 1. The number of methoxy groups -OCH3 is 1. The van der Waals surface area contributed by atoms with Gasteiger partial charge in [0.1, 0.15) is 0 Å². The van der Waals surface area contributed by atoms with Crippen LogP contribution in [0.4, 0.5) is 10.5 Å². The number of nitrogens with one attached hydrogen (secondary N) is 2. The fourth-order valence-electron chi connectivity index (χ4n) is 3.00. The van der Waals surface area contributed by atoms with Gasteiger partial charge in [-0.25, -0.2) is 13.2 Å². The number of alkyl carbamates (subject to hydrolysis) is 1. The van der Waals surface area contributed by atoms with E-state index < -0.39 is 22.0 Å². The molecule has 3 aromatic carbocycles. The van der Waals surface area contributed by atoms with Gasteiger partial charge in [-0.05, 0) is 48.1 Å². The molecule has 1 amide bonds. The largest absolute Gasteiger partial charge is 0.453 e. The molecule has 0 bridgehead atoms. The molecular formula is C22H21N3O4S2. The second-order valence-corrected chi connectivity index (χ2v) is 8.90. The number of hydrogen-bond donors (Lipinski definition) is 3. The number of amides is 1. The number of hydrogen-bond acceptors (Lipinski definition) is 6. The first-order valence-electron chi connectivity index (χ1n) is 9.23. The molecule has 4 N–H and O–H groups in total. The molecule has 0 radical (unpaired) electrons. The van der Waals surface area contributed by atoms with Crippen molar-refractivity contribution >= 4 is 38.9 Å². The first-order valence-corrected chi connectivity index (χ1v) is 11.1. The maximum atomic E-state index is 12.9. The predicted molar refractivity (Wildman–Crippen MR) is 122 cm³/mol. The molecule has 0 aliphatic carbocycles. The number of carbonyl (C=O) groups excluding carboxylic acids is 1. The van der Waals surface area contributed by atoms with Crippen molar-refractivity contribution in [1.82, 2.24) is 10.6 Å². The van der Waals surface area contributed by atoms with E-state index >= 15 is 0 Å². The minimum absolute atomic E-state index is 0.0427. The fourth-order valence-corrected chi connectivity index (χ4v) is 4.48. The third-order valence-corrected chi connectivity index (χ3v) is 6.57. The Bertz CT molecular complexity index is 1180. The molecule has 0 aliphatic heterocycles. The van der Waals surface area contributed by atoms with Gasteiger partial charge in [0.2, 0.25) is 9.84 Å². The molecule has 0 fully saturated rings. The van der Waals surface area contributed by atoms with Crippen LogP contribution in [-0.2, 0) is 14.6 Å². The van der Waals surface area contributed by atoms with Gasteiger partial charge in [0, 0.05) is 11.3 Å². The van der Waals surface area contributed by atoms with Gasteiger partial charge in [-0.15, -0.1) is 0 Å². The van der Waals surface area contributed by atoms with Gasteiger partial charge in [-0.3, -0.25) is 5.32 Å². The standard InChI is InChI=1S/C22H21N3O4S2/c1-29-22(26)25-21(30)24-20(18-9-5-6-10-19(18)23)15-11-13-17(14-12-15)31(27,28)16-7-3-2-4-8-16/h2-14,20H,23H2,1H3,(H2,24,25,26,30). The van der Waals surface area contributed by atoms with Crippen LogP contribution in [0.15, 0.2) is 88.7 Å². The highest BCUT2D eigenvalue weighted by atomic mass is 32.2. The van der Waals surface area contributed by atoms with Gasteiger partial charge < -0.3 is 15.8 Å². The summed E-state index contributed by atoms with van der Waals surface area (Å²) in [4.78, 5) is 11.9. The van der Waals surface area contributed by atoms with Gasteiger partial charge in [-0.2, -0.15) is 0 Å². The summed E-state index contributed by atoms with van der Waals surface area (Å²) >= 11 is 5.21. The van der Waals surface area contributed by atoms with Crippen molar-refractivity contribution in [2.75, 3.05) is 12.8 Å². The number of sulfone groups is 1. The van der Waals surface area contributed by atoms with E-state index in [4.69, 9.17) is 18.0 Å². The van der Waals surface area contributed by atoms with Crippen LogP contribution in [0.1, 0.15) is 17.2 Å². The van der Waals surface area contributed by atoms with Crippen LogP contribution < -0.4 is 16.4 Å². The average molecular weight is 456 g/mol. The molecule has 0 aromatic heterocycles. The Morgan fingerprint density at radius 2 is 1.52 bits per heavy atom. The normalized spacial score (nSPS) is 11.9. The van der Waals surface area contributed by atoms with E-state index in [1.807, 2.05) is 12.1 Å². The molecule has 31 heavy (non-hydrogen) atoms. The molecule has 0 heterocycles. The molecule has 0 saturated heterocycles. The highest BCUT2D eigenvalue weighted by Gasteiger charge is 2.21. The number of ether oxygens (including phenoxy) is 1. The SMILES string of the molecule is COC(=O)NC(=S)NC(c1ccc(S(=O)(=O)c2ccccc2)cc1)c1ccccc1N. The van der Waals surface area contributed by atoms with E-state index in [1.54, 1.807) is 54.6 Å². The Kier molecular flexibility index (Phi) is 6.88. The molecule has 0 aliphatic rings. The second-order valence-electron chi connectivity index (χ2n) is 6.54. The van der Waals surface area contributed by atoms with E-state index in [1.165, 1.54) is 19.2 Å². The number of rotatable bonds is 5. The van der Waals surface area contributed by atoms with Crippen LogP contribution in [0.5, 0.6) is 0 Å². The Morgan fingerprint density at radius 1 is 0.935 bits per heavy atom. The van der Waals surface area contributed by atoms with Crippen LogP contribution in [0.25, 0.3) is 0 Å². The minimum Gasteiger partial charge on any atom is -0.453 e. The van der Waals surface area contributed by atoms with E-state index in [0.29, 0.717) is 11.3 Å². The highest BCUT2D eigenvalue weighted by molar-refractivity contribution is 7.91. The Labute approximate surface area is 186 Å². The summed E-state index contributed by atoms with van der Waals surface area (Å²) < 4.78 is 30.3. The van der Waals surface area contributed by atoms with Crippen molar-refractivity contribution in [1.29, 1.82) is 0 Å². The summed E-state index contributed by atoms with van der Waals surface area (Å²) in [5.74, 6) is 0. The van der Waals surface area contributed by atoms with Gasteiger partial charge in [0.15, 0.2) is 5.11 Å². The van der Waals surface area contributed by atoms with Gasteiger partial charge >= 0.3 is 6.09 Å². The number of benzene rings is 3. The second kappa shape index (κ2) is 9.59.